The molecule has 0 bridgehead atoms. The fourth-order valence-corrected chi connectivity index (χ4v) is 12.5. The zero-order chi connectivity index (χ0) is 17.1. The summed E-state index contributed by atoms with van der Waals surface area (Å²) in [6.07, 6.45) is 10.7. The number of hydrogen-bond donors (Lipinski definition) is 0. The van der Waals surface area contributed by atoms with Crippen molar-refractivity contribution in [1.29, 1.82) is 10.5 Å². The zero-order valence-corrected chi connectivity index (χ0v) is 16.2. The van der Waals surface area contributed by atoms with E-state index in [1.165, 1.54) is 5.19 Å². The van der Waals surface area contributed by atoms with Crippen molar-refractivity contribution in [2.45, 2.75) is 31.7 Å². The number of allylic oxidation sites excluding steroid dienone is 5. The van der Waals surface area contributed by atoms with Gasteiger partial charge in [-0.2, -0.15) is 10.5 Å². The van der Waals surface area contributed by atoms with E-state index in [0.717, 1.165) is 5.56 Å². The molecule has 2 nitrogen and oxygen atoms in total. The molecule has 1 aliphatic carbocycles. The lowest BCUT2D eigenvalue weighted by molar-refractivity contribution is 1.32. The summed E-state index contributed by atoms with van der Waals surface area (Å²) in [5.74, 6) is 0. The molecule has 23 heavy (non-hydrogen) atoms. The molecule has 1 aromatic rings. The maximum Gasteiger partial charge on any atom is 0.130 e. The van der Waals surface area contributed by atoms with Crippen LogP contribution in [0.15, 0.2) is 54.1 Å². The van der Waals surface area contributed by atoms with Crippen LogP contribution < -0.4 is 5.19 Å². The molecule has 0 saturated heterocycles. The van der Waals surface area contributed by atoms with Crippen molar-refractivity contribution in [3.63, 3.8) is 0 Å². The van der Waals surface area contributed by atoms with Gasteiger partial charge in [0.25, 0.3) is 0 Å². The normalized spacial score (nSPS) is 14.3. The first-order valence-electron chi connectivity index (χ1n) is 7.80. The molecular formula is C19H22N2Si2. The van der Waals surface area contributed by atoms with E-state index in [2.05, 4.69) is 62.6 Å². The Morgan fingerprint density at radius 1 is 0.957 bits per heavy atom. The molecule has 0 radical (unpaired) electrons. The van der Waals surface area contributed by atoms with Gasteiger partial charge in [0, 0.05) is 0 Å². The summed E-state index contributed by atoms with van der Waals surface area (Å²) in [6, 6.07) is 12.3. The van der Waals surface area contributed by atoms with Crippen molar-refractivity contribution in [2.24, 2.45) is 0 Å². The van der Waals surface area contributed by atoms with E-state index >= 15 is 0 Å². The molecule has 2 rings (SSSR count). The van der Waals surface area contributed by atoms with Crippen molar-refractivity contribution in [2.75, 3.05) is 0 Å². The Balaban J connectivity index is 2.33. The molecule has 0 heterocycles. The smallest absolute Gasteiger partial charge is 0.130 e. The Hall–Kier alpha value is -2.15. The monoisotopic (exact) mass is 334 g/mol. The first-order chi connectivity index (χ1) is 10.8. The standard InChI is InChI=1S/C19H22N2Si2/c1-22(2,18-7-5-6-8-18)23(3,4)19-11-9-16(10-12-19)13-17(14-20)15-21/h5-13,18H,1-4H3. The first kappa shape index (κ1) is 17.2. The Morgan fingerprint density at radius 3 is 1.96 bits per heavy atom. The van der Waals surface area contributed by atoms with E-state index in [-0.39, 0.29) is 5.57 Å². The molecule has 0 amide bonds. The molecule has 0 aromatic heterocycles. The van der Waals surface area contributed by atoms with Gasteiger partial charge in [0.1, 0.15) is 17.7 Å². The maximum atomic E-state index is 8.86. The van der Waals surface area contributed by atoms with Crippen molar-refractivity contribution in [1.82, 2.24) is 0 Å². The highest BCUT2D eigenvalue weighted by Gasteiger charge is 2.46. The van der Waals surface area contributed by atoms with Gasteiger partial charge in [0.05, 0.1) is 15.2 Å². The van der Waals surface area contributed by atoms with E-state index in [1.807, 2.05) is 24.3 Å². The number of benzene rings is 1. The van der Waals surface area contributed by atoms with Crippen LogP contribution in [0.2, 0.25) is 31.7 Å². The molecule has 0 N–H and O–H groups in total. The molecule has 0 fully saturated rings. The highest BCUT2D eigenvalue weighted by molar-refractivity contribution is 7.46. The highest BCUT2D eigenvalue weighted by atomic mass is 29.3. The second-order valence-electron chi connectivity index (χ2n) is 7.05. The van der Waals surface area contributed by atoms with E-state index in [4.69, 9.17) is 10.5 Å². The predicted molar refractivity (Wildman–Crippen MR) is 102 cm³/mol. The zero-order valence-electron chi connectivity index (χ0n) is 14.2. The lowest BCUT2D eigenvalue weighted by Crippen LogP contribution is -2.64. The van der Waals surface area contributed by atoms with Crippen molar-refractivity contribution in [3.05, 3.63) is 59.7 Å². The molecule has 116 valence electrons. The molecule has 0 atom stereocenters. The van der Waals surface area contributed by atoms with Gasteiger partial charge in [-0.1, -0.05) is 79.9 Å². The maximum absolute atomic E-state index is 8.86. The molecule has 0 unspecified atom stereocenters. The van der Waals surface area contributed by atoms with Crippen LogP contribution in [-0.2, 0) is 0 Å². The van der Waals surface area contributed by atoms with E-state index < -0.39 is 15.2 Å². The van der Waals surface area contributed by atoms with Crippen LogP contribution in [-0.4, -0.2) is 15.2 Å². The SMILES string of the molecule is C[Si](C)(c1ccc(C=C(C#N)C#N)cc1)[Si](C)(C)C1C=CC=C1. The highest BCUT2D eigenvalue weighted by Crippen LogP contribution is 2.35. The topological polar surface area (TPSA) is 47.6 Å². The predicted octanol–water partition coefficient (Wildman–Crippen LogP) is 4.32. The second kappa shape index (κ2) is 6.54. The van der Waals surface area contributed by atoms with E-state index in [9.17, 15) is 0 Å². The molecule has 4 heteroatoms. The third-order valence-electron chi connectivity index (χ3n) is 5.38. The Morgan fingerprint density at radius 2 is 1.48 bits per heavy atom. The van der Waals surface area contributed by atoms with Crippen LogP contribution in [0, 0.1) is 22.7 Å². The van der Waals surface area contributed by atoms with Crippen LogP contribution >= 0.6 is 0 Å². The number of hydrogen-bond acceptors (Lipinski definition) is 2. The third kappa shape index (κ3) is 3.29. The largest absolute Gasteiger partial charge is 0.192 e. The first-order valence-corrected chi connectivity index (χ1v) is 14.9. The van der Waals surface area contributed by atoms with Crippen LogP contribution in [0.1, 0.15) is 5.56 Å². The van der Waals surface area contributed by atoms with Gasteiger partial charge in [-0.3, -0.25) is 0 Å². The minimum absolute atomic E-state index is 0.144. The lowest BCUT2D eigenvalue weighted by Gasteiger charge is -2.42. The Labute approximate surface area is 140 Å². The number of nitriles is 2. The summed E-state index contributed by atoms with van der Waals surface area (Å²) >= 11 is 0. The Kier molecular flexibility index (Phi) is 4.89. The van der Waals surface area contributed by atoms with Crippen molar-refractivity contribution >= 4 is 26.4 Å². The van der Waals surface area contributed by atoms with Gasteiger partial charge in [0.2, 0.25) is 0 Å². The fourth-order valence-electron chi connectivity index (χ4n) is 2.95. The van der Waals surface area contributed by atoms with Gasteiger partial charge < -0.3 is 0 Å². The van der Waals surface area contributed by atoms with Crippen LogP contribution in [0.3, 0.4) is 0 Å². The summed E-state index contributed by atoms with van der Waals surface area (Å²) in [7, 11) is -3.02. The van der Waals surface area contributed by atoms with Gasteiger partial charge in [-0.25, -0.2) is 0 Å². The summed E-state index contributed by atoms with van der Waals surface area (Å²) < 4.78 is 0. The average Bonchev–Trinajstić information content (AvgIpc) is 3.08. The minimum atomic E-state index is -1.57. The summed E-state index contributed by atoms with van der Waals surface area (Å²) in [5.41, 5.74) is 1.68. The summed E-state index contributed by atoms with van der Waals surface area (Å²) in [5, 5.41) is 19.2. The van der Waals surface area contributed by atoms with Crippen molar-refractivity contribution in [3.8, 4) is 12.1 Å². The molecule has 0 spiro atoms. The van der Waals surface area contributed by atoms with Gasteiger partial charge >= 0.3 is 0 Å². The quantitative estimate of drug-likeness (QED) is 0.608. The molecule has 1 aliphatic rings. The number of nitrogens with zero attached hydrogens (tertiary/aromatic N) is 2. The van der Waals surface area contributed by atoms with Crippen LogP contribution in [0.4, 0.5) is 0 Å². The molecule has 0 aliphatic heterocycles. The molecule has 1 aromatic carbocycles. The average molecular weight is 335 g/mol. The van der Waals surface area contributed by atoms with E-state index in [0.29, 0.717) is 5.54 Å². The van der Waals surface area contributed by atoms with Gasteiger partial charge in [-0.05, 0) is 17.2 Å². The minimum Gasteiger partial charge on any atom is -0.192 e. The third-order valence-corrected chi connectivity index (χ3v) is 24.0. The van der Waals surface area contributed by atoms with Gasteiger partial charge in [0.15, 0.2) is 0 Å². The Bertz CT molecular complexity index is 726. The van der Waals surface area contributed by atoms with Crippen LogP contribution in [0.5, 0.6) is 0 Å². The van der Waals surface area contributed by atoms with Gasteiger partial charge in [-0.15, -0.1) is 0 Å². The fraction of sp³-hybridized carbons (Fsp3) is 0.263. The lowest BCUT2D eigenvalue weighted by atomic mass is 10.1. The summed E-state index contributed by atoms with van der Waals surface area (Å²) in [4.78, 5) is 0. The summed E-state index contributed by atoms with van der Waals surface area (Å²) in [6.45, 7) is 9.95. The number of rotatable bonds is 4. The molecule has 0 saturated carbocycles. The molecular weight excluding hydrogens is 312 g/mol. The van der Waals surface area contributed by atoms with E-state index in [1.54, 1.807) is 6.08 Å². The second-order valence-corrected chi connectivity index (χ2v) is 22.6. The van der Waals surface area contributed by atoms with Crippen molar-refractivity contribution < 1.29 is 0 Å². The van der Waals surface area contributed by atoms with Crippen LogP contribution in [0.25, 0.3) is 6.08 Å².